The largest absolute Gasteiger partial charge is 0.481 e. The highest BCUT2D eigenvalue weighted by Gasteiger charge is 2.34. The van der Waals surface area contributed by atoms with E-state index in [-0.39, 0.29) is 31.8 Å². The van der Waals surface area contributed by atoms with Gasteiger partial charge in [-0.05, 0) is 0 Å². The molecule has 0 saturated carbocycles. The standard InChI is InChI=1S/C10H18O5/c1-7(10(2,5-11)6-12)8(13)3-4-9(14)15/h7,11-12H,3-6H2,1-2H3,(H,14,15). The van der Waals surface area contributed by atoms with E-state index in [1.54, 1.807) is 13.8 Å². The third-order valence-electron chi connectivity index (χ3n) is 2.84. The van der Waals surface area contributed by atoms with E-state index in [1.165, 1.54) is 0 Å². The Balaban J connectivity index is 4.35. The molecule has 0 rings (SSSR count). The lowest BCUT2D eigenvalue weighted by molar-refractivity contribution is -0.140. The van der Waals surface area contributed by atoms with Crippen molar-refractivity contribution in [2.24, 2.45) is 11.3 Å². The van der Waals surface area contributed by atoms with Gasteiger partial charge in [-0.25, -0.2) is 0 Å². The Bertz CT molecular complexity index is 232. The van der Waals surface area contributed by atoms with Crippen LogP contribution < -0.4 is 0 Å². The number of carbonyl (C=O) groups excluding carboxylic acids is 1. The number of hydrogen-bond acceptors (Lipinski definition) is 4. The Morgan fingerprint density at radius 3 is 2.00 bits per heavy atom. The molecule has 5 nitrogen and oxygen atoms in total. The summed E-state index contributed by atoms with van der Waals surface area (Å²) in [4.78, 5) is 21.8. The minimum absolute atomic E-state index is 0.0634. The van der Waals surface area contributed by atoms with Gasteiger partial charge in [0.05, 0.1) is 19.6 Å². The molecule has 0 amide bonds. The van der Waals surface area contributed by atoms with E-state index in [1.807, 2.05) is 0 Å². The zero-order valence-electron chi connectivity index (χ0n) is 9.06. The van der Waals surface area contributed by atoms with Crippen molar-refractivity contribution in [2.45, 2.75) is 26.7 Å². The summed E-state index contributed by atoms with van der Waals surface area (Å²) >= 11 is 0. The molecule has 0 aliphatic carbocycles. The first-order chi connectivity index (χ1) is 6.87. The summed E-state index contributed by atoms with van der Waals surface area (Å²) < 4.78 is 0. The van der Waals surface area contributed by atoms with Crippen LogP contribution in [-0.2, 0) is 9.59 Å². The van der Waals surface area contributed by atoms with Gasteiger partial charge >= 0.3 is 5.97 Å². The molecule has 0 bridgehead atoms. The van der Waals surface area contributed by atoms with Gasteiger partial charge in [0, 0.05) is 17.8 Å². The second-order valence-corrected chi connectivity index (χ2v) is 4.05. The van der Waals surface area contributed by atoms with Crippen molar-refractivity contribution in [3.8, 4) is 0 Å². The summed E-state index contributed by atoms with van der Waals surface area (Å²) in [7, 11) is 0. The quantitative estimate of drug-likeness (QED) is 0.561. The summed E-state index contributed by atoms with van der Waals surface area (Å²) in [6.07, 6.45) is -0.276. The summed E-state index contributed by atoms with van der Waals surface area (Å²) in [6, 6.07) is 0. The average Bonchev–Trinajstić information content (AvgIpc) is 2.23. The van der Waals surface area contributed by atoms with Crippen LogP contribution in [0.15, 0.2) is 0 Å². The Morgan fingerprint density at radius 2 is 1.67 bits per heavy atom. The number of ketones is 1. The Kier molecular flexibility index (Phi) is 5.46. The molecule has 0 aromatic heterocycles. The van der Waals surface area contributed by atoms with Crippen molar-refractivity contribution in [3.05, 3.63) is 0 Å². The minimum atomic E-state index is -1.02. The molecule has 0 aromatic carbocycles. The molecule has 0 spiro atoms. The van der Waals surface area contributed by atoms with Crippen LogP contribution in [0.2, 0.25) is 0 Å². The van der Waals surface area contributed by atoms with Gasteiger partial charge < -0.3 is 15.3 Å². The first kappa shape index (κ1) is 14.1. The van der Waals surface area contributed by atoms with Crippen molar-refractivity contribution < 1.29 is 24.9 Å². The fourth-order valence-corrected chi connectivity index (χ4v) is 1.16. The number of aliphatic hydroxyl groups is 2. The van der Waals surface area contributed by atoms with Gasteiger partial charge in [-0.15, -0.1) is 0 Å². The molecule has 0 saturated heterocycles. The molecule has 1 unspecified atom stereocenters. The van der Waals surface area contributed by atoms with Crippen molar-refractivity contribution in [1.82, 2.24) is 0 Å². The fourth-order valence-electron chi connectivity index (χ4n) is 1.16. The van der Waals surface area contributed by atoms with Crippen LogP contribution in [0.5, 0.6) is 0 Å². The van der Waals surface area contributed by atoms with Gasteiger partial charge in [0.1, 0.15) is 5.78 Å². The van der Waals surface area contributed by atoms with Gasteiger partial charge in [0.15, 0.2) is 0 Å². The fraction of sp³-hybridized carbons (Fsp3) is 0.800. The Labute approximate surface area is 88.7 Å². The van der Waals surface area contributed by atoms with Gasteiger partial charge in [-0.3, -0.25) is 9.59 Å². The Morgan fingerprint density at radius 1 is 1.20 bits per heavy atom. The lowest BCUT2D eigenvalue weighted by Crippen LogP contribution is -2.38. The number of carboxylic acids is 1. The molecule has 15 heavy (non-hydrogen) atoms. The summed E-state index contributed by atoms with van der Waals surface area (Å²) in [6.45, 7) is 2.58. The van der Waals surface area contributed by atoms with Gasteiger partial charge in [0.2, 0.25) is 0 Å². The van der Waals surface area contributed by atoms with E-state index in [0.29, 0.717) is 0 Å². The smallest absolute Gasteiger partial charge is 0.303 e. The monoisotopic (exact) mass is 218 g/mol. The molecule has 5 heteroatoms. The van der Waals surface area contributed by atoms with Crippen LogP contribution >= 0.6 is 0 Å². The van der Waals surface area contributed by atoms with E-state index < -0.39 is 17.3 Å². The molecule has 0 aliphatic rings. The SMILES string of the molecule is CC(C(=O)CCC(=O)O)C(C)(CO)CO. The number of Topliss-reactive ketones (excluding diaryl/α,β-unsaturated/α-hetero) is 1. The average molecular weight is 218 g/mol. The highest BCUT2D eigenvalue weighted by atomic mass is 16.4. The topological polar surface area (TPSA) is 94.8 Å². The predicted molar refractivity (Wildman–Crippen MR) is 53.3 cm³/mol. The van der Waals surface area contributed by atoms with Crippen LogP contribution in [-0.4, -0.2) is 40.3 Å². The molecule has 0 radical (unpaired) electrons. The summed E-state index contributed by atoms with van der Waals surface area (Å²) in [5.41, 5.74) is -0.879. The molecule has 0 aromatic rings. The number of aliphatic hydroxyl groups excluding tert-OH is 2. The maximum absolute atomic E-state index is 11.5. The minimum Gasteiger partial charge on any atom is -0.481 e. The van der Waals surface area contributed by atoms with Crippen LogP contribution in [0.4, 0.5) is 0 Å². The van der Waals surface area contributed by atoms with Crippen molar-refractivity contribution >= 4 is 11.8 Å². The van der Waals surface area contributed by atoms with Crippen molar-refractivity contribution in [1.29, 1.82) is 0 Å². The predicted octanol–water partition coefficient (Wildman–Crippen LogP) is 0.0473. The second-order valence-electron chi connectivity index (χ2n) is 4.05. The number of carbonyl (C=O) groups is 2. The van der Waals surface area contributed by atoms with Crippen LogP contribution in [0.3, 0.4) is 0 Å². The van der Waals surface area contributed by atoms with E-state index >= 15 is 0 Å². The molecular formula is C10H18O5. The van der Waals surface area contributed by atoms with Crippen LogP contribution in [0, 0.1) is 11.3 Å². The number of carboxylic acid groups (broad SMARTS) is 1. The number of aliphatic carboxylic acids is 1. The van der Waals surface area contributed by atoms with Crippen molar-refractivity contribution in [2.75, 3.05) is 13.2 Å². The molecule has 88 valence electrons. The molecule has 3 N–H and O–H groups in total. The molecule has 1 atom stereocenters. The summed E-state index contributed by atoms with van der Waals surface area (Å²) in [5.74, 6) is -1.82. The van der Waals surface area contributed by atoms with Gasteiger partial charge in [0.25, 0.3) is 0 Å². The highest BCUT2D eigenvalue weighted by Crippen LogP contribution is 2.27. The maximum atomic E-state index is 11.5. The lowest BCUT2D eigenvalue weighted by Gasteiger charge is -2.30. The highest BCUT2D eigenvalue weighted by molar-refractivity contribution is 5.84. The molecule has 0 fully saturated rings. The van der Waals surface area contributed by atoms with Gasteiger partial charge in [-0.1, -0.05) is 13.8 Å². The number of rotatable bonds is 7. The first-order valence-electron chi connectivity index (χ1n) is 4.83. The third kappa shape index (κ3) is 3.97. The van der Waals surface area contributed by atoms with E-state index in [0.717, 1.165) is 0 Å². The van der Waals surface area contributed by atoms with Crippen LogP contribution in [0.25, 0.3) is 0 Å². The molecular weight excluding hydrogens is 200 g/mol. The van der Waals surface area contributed by atoms with E-state index in [4.69, 9.17) is 15.3 Å². The van der Waals surface area contributed by atoms with Gasteiger partial charge in [-0.2, -0.15) is 0 Å². The number of hydrogen-bond donors (Lipinski definition) is 3. The van der Waals surface area contributed by atoms with E-state index in [9.17, 15) is 9.59 Å². The van der Waals surface area contributed by atoms with E-state index in [2.05, 4.69) is 0 Å². The second kappa shape index (κ2) is 5.82. The molecule has 0 heterocycles. The summed E-state index contributed by atoms with van der Waals surface area (Å²) in [5, 5.41) is 26.5. The normalized spacial score (nSPS) is 13.6. The molecule has 0 aliphatic heterocycles. The zero-order valence-corrected chi connectivity index (χ0v) is 9.06. The lowest BCUT2D eigenvalue weighted by atomic mass is 9.76. The van der Waals surface area contributed by atoms with Crippen LogP contribution in [0.1, 0.15) is 26.7 Å². The van der Waals surface area contributed by atoms with Crippen molar-refractivity contribution in [3.63, 3.8) is 0 Å². The third-order valence-corrected chi connectivity index (χ3v) is 2.84. The zero-order chi connectivity index (χ0) is 12.1. The maximum Gasteiger partial charge on any atom is 0.303 e. The first-order valence-corrected chi connectivity index (χ1v) is 4.83. The Hall–Kier alpha value is -0.940.